The Kier molecular flexibility index (Phi) is 7.22. The molecule has 0 fully saturated rings. The predicted octanol–water partition coefficient (Wildman–Crippen LogP) is 4.09. The van der Waals surface area contributed by atoms with E-state index in [1.165, 1.54) is 16.3 Å². The van der Waals surface area contributed by atoms with Crippen molar-refractivity contribution in [3.63, 3.8) is 0 Å². The topological polar surface area (TPSA) is 67.1 Å². The van der Waals surface area contributed by atoms with Gasteiger partial charge in [-0.1, -0.05) is 56.3 Å². The summed E-state index contributed by atoms with van der Waals surface area (Å²) in [6.07, 6.45) is 3.69. The molecule has 2 aromatic carbocycles. The third-order valence-corrected chi connectivity index (χ3v) is 5.26. The molecule has 0 amide bonds. The number of nitrogens with zero attached hydrogens (tertiary/aromatic N) is 4. The van der Waals surface area contributed by atoms with Gasteiger partial charge >= 0.3 is 0 Å². The van der Waals surface area contributed by atoms with Gasteiger partial charge in [-0.15, -0.1) is 10.2 Å². The molecular formula is C23H32N6. The zero-order valence-electron chi connectivity index (χ0n) is 17.9. The van der Waals surface area contributed by atoms with Gasteiger partial charge in [0.25, 0.3) is 0 Å². The van der Waals surface area contributed by atoms with Crippen molar-refractivity contribution < 1.29 is 0 Å². The molecule has 0 saturated carbocycles. The highest BCUT2D eigenvalue weighted by Gasteiger charge is 2.12. The van der Waals surface area contributed by atoms with Gasteiger partial charge in [0.1, 0.15) is 12.2 Å². The molecule has 2 unspecified atom stereocenters. The molecule has 0 aliphatic rings. The first-order valence-corrected chi connectivity index (χ1v) is 10.5. The van der Waals surface area contributed by atoms with Crippen molar-refractivity contribution in [3.05, 3.63) is 60.2 Å². The van der Waals surface area contributed by atoms with E-state index in [0.717, 1.165) is 31.2 Å². The van der Waals surface area contributed by atoms with Crippen LogP contribution in [0.25, 0.3) is 10.8 Å². The van der Waals surface area contributed by atoms with E-state index >= 15 is 0 Å². The number of aliphatic imine (C=N–C) groups is 1. The van der Waals surface area contributed by atoms with Gasteiger partial charge < -0.3 is 15.2 Å². The maximum atomic E-state index is 4.83. The Hall–Kier alpha value is -2.89. The Morgan fingerprint density at radius 1 is 1.07 bits per heavy atom. The SMILES string of the molecule is CCc1nncn1CCN=C(NC(C)CC)NC(C)c1cccc2ccccc12. The molecule has 0 radical (unpaired) electrons. The van der Waals surface area contributed by atoms with Crippen molar-refractivity contribution >= 4 is 16.7 Å². The van der Waals surface area contributed by atoms with Crippen LogP contribution in [0.2, 0.25) is 0 Å². The van der Waals surface area contributed by atoms with Crippen LogP contribution in [-0.2, 0) is 13.0 Å². The summed E-state index contributed by atoms with van der Waals surface area (Å²) in [7, 11) is 0. The predicted molar refractivity (Wildman–Crippen MR) is 120 cm³/mol. The molecule has 6 heteroatoms. The Bertz CT molecular complexity index is 940. The lowest BCUT2D eigenvalue weighted by Gasteiger charge is -2.22. The van der Waals surface area contributed by atoms with Gasteiger partial charge in [0, 0.05) is 19.0 Å². The first-order chi connectivity index (χ1) is 14.1. The van der Waals surface area contributed by atoms with Crippen molar-refractivity contribution in [3.8, 4) is 0 Å². The fraction of sp³-hybridized carbons (Fsp3) is 0.435. The van der Waals surface area contributed by atoms with E-state index in [-0.39, 0.29) is 6.04 Å². The molecule has 3 aromatic rings. The molecule has 2 atom stereocenters. The molecule has 6 nitrogen and oxygen atoms in total. The third-order valence-electron chi connectivity index (χ3n) is 5.26. The smallest absolute Gasteiger partial charge is 0.192 e. The Balaban J connectivity index is 1.75. The van der Waals surface area contributed by atoms with Gasteiger partial charge in [0.05, 0.1) is 12.6 Å². The van der Waals surface area contributed by atoms with E-state index in [1.807, 2.05) is 0 Å². The molecule has 0 spiro atoms. The molecule has 1 heterocycles. The monoisotopic (exact) mass is 392 g/mol. The molecule has 0 bridgehead atoms. The Labute approximate surface area is 173 Å². The lowest BCUT2D eigenvalue weighted by atomic mass is 10.00. The number of hydrogen-bond donors (Lipinski definition) is 2. The van der Waals surface area contributed by atoms with Gasteiger partial charge in [-0.25, -0.2) is 0 Å². The summed E-state index contributed by atoms with van der Waals surface area (Å²) < 4.78 is 2.07. The van der Waals surface area contributed by atoms with E-state index in [9.17, 15) is 0 Å². The second-order valence-corrected chi connectivity index (χ2v) is 7.41. The van der Waals surface area contributed by atoms with E-state index in [2.05, 4.69) is 95.6 Å². The molecule has 0 aliphatic heterocycles. The molecule has 1 aromatic heterocycles. The van der Waals surface area contributed by atoms with Crippen LogP contribution in [0.1, 0.15) is 51.5 Å². The molecule has 154 valence electrons. The lowest BCUT2D eigenvalue weighted by Crippen LogP contribution is -2.43. The zero-order chi connectivity index (χ0) is 20.6. The first-order valence-electron chi connectivity index (χ1n) is 10.5. The number of hydrogen-bond acceptors (Lipinski definition) is 3. The number of fused-ring (bicyclic) bond motifs is 1. The van der Waals surface area contributed by atoms with Gasteiger partial charge in [0.2, 0.25) is 0 Å². The number of guanidine groups is 1. The number of aryl methyl sites for hydroxylation is 1. The number of nitrogens with one attached hydrogen (secondary N) is 2. The minimum atomic E-state index is 0.137. The van der Waals surface area contributed by atoms with E-state index in [1.54, 1.807) is 6.33 Å². The fourth-order valence-electron chi connectivity index (χ4n) is 3.39. The standard InChI is InChI=1S/C23H32N6/c1-5-17(3)26-23(24-14-15-29-16-25-28-22(29)6-2)27-18(4)20-13-9-11-19-10-7-8-12-21(19)20/h7-13,16-18H,5-6,14-15H2,1-4H3,(H2,24,26,27). The first kappa shape index (κ1) is 20.8. The van der Waals surface area contributed by atoms with Gasteiger partial charge in [-0.2, -0.15) is 0 Å². The molecule has 29 heavy (non-hydrogen) atoms. The van der Waals surface area contributed by atoms with Crippen molar-refractivity contribution in [2.45, 2.75) is 59.2 Å². The molecule has 0 aliphatic carbocycles. The van der Waals surface area contributed by atoms with Crippen LogP contribution in [0.4, 0.5) is 0 Å². The lowest BCUT2D eigenvalue weighted by molar-refractivity contribution is 0.597. The molecule has 3 rings (SSSR count). The summed E-state index contributed by atoms with van der Waals surface area (Å²) in [5, 5.41) is 17.8. The van der Waals surface area contributed by atoms with E-state index < -0.39 is 0 Å². The summed E-state index contributed by atoms with van der Waals surface area (Å²) in [6, 6.07) is 15.5. The number of aromatic nitrogens is 3. The largest absolute Gasteiger partial charge is 0.354 e. The van der Waals surface area contributed by atoms with Gasteiger partial charge in [0.15, 0.2) is 5.96 Å². The second-order valence-electron chi connectivity index (χ2n) is 7.41. The van der Waals surface area contributed by atoms with Crippen molar-refractivity contribution in [1.29, 1.82) is 0 Å². The highest BCUT2D eigenvalue weighted by atomic mass is 15.3. The van der Waals surface area contributed by atoms with Crippen LogP contribution in [0.3, 0.4) is 0 Å². The van der Waals surface area contributed by atoms with Crippen LogP contribution < -0.4 is 10.6 Å². The minimum absolute atomic E-state index is 0.137. The maximum absolute atomic E-state index is 4.83. The van der Waals surface area contributed by atoms with Crippen LogP contribution >= 0.6 is 0 Å². The van der Waals surface area contributed by atoms with Gasteiger partial charge in [-0.3, -0.25) is 4.99 Å². The van der Waals surface area contributed by atoms with Crippen LogP contribution in [0, 0.1) is 0 Å². The quantitative estimate of drug-likeness (QED) is 0.448. The number of benzene rings is 2. The molecule has 0 saturated heterocycles. The normalized spacial score (nSPS) is 14.0. The Morgan fingerprint density at radius 3 is 2.66 bits per heavy atom. The summed E-state index contributed by atoms with van der Waals surface area (Å²) in [6.45, 7) is 10.1. The number of rotatable bonds is 8. The highest BCUT2D eigenvalue weighted by Crippen LogP contribution is 2.23. The fourth-order valence-corrected chi connectivity index (χ4v) is 3.39. The second kappa shape index (κ2) is 10.0. The van der Waals surface area contributed by atoms with Gasteiger partial charge in [-0.05, 0) is 36.6 Å². The van der Waals surface area contributed by atoms with Crippen molar-refractivity contribution in [1.82, 2.24) is 25.4 Å². The summed E-state index contributed by atoms with van der Waals surface area (Å²) in [4.78, 5) is 4.83. The average molecular weight is 393 g/mol. The van der Waals surface area contributed by atoms with Crippen LogP contribution in [0.5, 0.6) is 0 Å². The van der Waals surface area contributed by atoms with Crippen LogP contribution in [-0.4, -0.2) is 33.3 Å². The minimum Gasteiger partial charge on any atom is -0.354 e. The van der Waals surface area contributed by atoms with E-state index in [4.69, 9.17) is 4.99 Å². The maximum Gasteiger partial charge on any atom is 0.192 e. The molecule has 2 N–H and O–H groups in total. The summed E-state index contributed by atoms with van der Waals surface area (Å²) in [5.41, 5.74) is 1.27. The Morgan fingerprint density at radius 2 is 1.86 bits per heavy atom. The molecular weight excluding hydrogens is 360 g/mol. The third kappa shape index (κ3) is 5.34. The summed E-state index contributed by atoms with van der Waals surface area (Å²) >= 11 is 0. The van der Waals surface area contributed by atoms with Crippen molar-refractivity contribution in [2.75, 3.05) is 6.54 Å². The van der Waals surface area contributed by atoms with E-state index in [0.29, 0.717) is 12.6 Å². The zero-order valence-corrected chi connectivity index (χ0v) is 17.9. The summed E-state index contributed by atoms with van der Waals surface area (Å²) in [5.74, 6) is 1.83. The average Bonchev–Trinajstić information content (AvgIpc) is 3.20. The van der Waals surface area contributed by atoms with Crippen molar-refractivity contribution in [2.24, 2.45) is 4.99 Å². The highest BCUT2D eigenvalue weighted by molar-refractivity contribution is 5.87. The van der Waals surface area contributed by atoms with Crippen LogP contribution in [0.15, 0.2) is 53.8 Å².